The molecule has 0 radical (unpaired) electrons. The number of ether oxygens (including phenoxy) is 1. The lowest BCUT2D eigenvalue weighted by atomic mass is 10.2. The Morgan fingerprint density at radius 3 is 2.70 bits per heavy atom. The third-order valence-electron chi connectivity index (χ3n) is 4.00. The average molecular weight is 456 g/mol. The number of carbonyl (C=O) groups is 1. The van der Waals surface area contributed by atoms with Crippen molar-refractivity contribution in [2.45, 2.75) is 13.2 Å². The number of hydrogen-bond acceptors (Lipinski definition) is 7. The van der Waals surface area contributed by atoms with Crippen molar-refractivity contribution in [3.05, 3.63) is 70.1 Å². The predicted molar refractivity (Wildman–Crippen MR) is 112 cm³/mol. The van der Waals surface area contributed by atoms with Gasteiger partial charge in [-0.05, 0) is 34.6 Å². The predicted octanol–water partition coefficient (Wildman–Crippen LogP) is 2.96. The molecule has 0 aliphatic heterocycles. The van der Waals surface area contributed by atoms with Gasteiger partial charge in [-0.25, -0.2) is 9.02 Å². The summed E-state index contributed by atoms with van der Waals surface area (Å²) in [5.41, 5.74) is 6.69. The van der Waals surface area contributed by atoms with Crippen LogP contribution in [0.5, 0.6) is 5.75 Å². The van der Waals surface area contributed by atoms with E-state index in [1.807, 2.05) is 0 Å². The molecule has 1 aromatic heterocycles. The lowest BCUT2D eigenvalue weighted by Gasteiger charge is -2.13. The molecule has 0 saturated heterocycles. The third kappa shape index (κ3) is 6.31. The zero-order valence-electron chi connectivity index (χ0n) is 15.7. The van der Waals surface area contributed by atoms with E-state index in [2.05, 4.69) is 25.6 Å². The second kappa shape index (κ2) is 11.3. The van der Waals surface area contributed by atoms with Crippen molar-refractivity contribution >= 4 is 35.7 Å². The summed E-state index contributed by atoms with van der Waals surface area (Å²) in [5.74, 6) is -0.260. The van der Waals surface area contributed by atoms with Crippen LogP contribution in [0.4, 0.5) is 10.2 Å². The minimum absolute atomic E-state index is 0. The molecule has 160 valence electrons. The molecule has 0 atom stereocenters. The fourth-order valence-electron chi connectivity index (χ4n) is 2.52. The normalized spacial score (nSPS) is 10.3. The Morgan fingerprint density at radius 2 is 1.97 bits per heavy atom. The molecule has 1 heterocycles. The SMILES string of the molecule is Cl.Nc1nonc1C(=O)NCCNCc1cc(Cl)ccc1OCc1ccccc1F. The van der Waals surface area contributed by atoms with Gasteiger partial charge in [-0.2, -0.15) is 0 Å². The summed E-state index contributed by atoms with van der Waals surface area (Å²) in [5, 5.41) is 13.2. The molecular formula is C19H20Cl2FN5O3. The Balaban J connectivity index is 0.00000320. The summed E-state index contributed by atoms with van der Waals surface area (Å²) in [6.07, 6.45) is 0. The molecule has 0 spiro atoms. The molecule has 1 amide bonds. The topological polar surface area (TPSA) is 115 Å². The maximum atomic E-state index is 13.8. The Bertz CT molecular complexity index is 986. The van der Waals surface area contributed by atoms with E-state index in [9.17, 15) is 9.18 Å². The molecule has 11 heteroatoms. The van der Waals surface area contributed by atoms with E-state index in [1.54, 1.807) is 36.4 Å². The van der Waals surface area contributed by atoms with Crippen molar-refractivity contribution in [2.75, 3.05) is 18.8 Å². The molecule has 0 bridgehead atoms. The quantitative estimate of drug-likeness (QED) is 0.424. The van der Waals surface area contributed by atoms with Crippen LogP contribution < -0.4 is 21.1 Å². The minimum atomic E-state index is -0.470. The zero-order chi connectivity index (χ0) is 20.6. The highest BCUT2D eigenvalue weighted by atomic mass is 35.5. The number of nitrogens with one attached hydrogen (secondary N) is 2. The van der Waals surface area contributed by atoms with Crippen LogP contribution in [0, 0.1) is 5.82 Å². The lowest BCUT2D eigenvalue weighted by Crippen LogP contribution is -2.32. The van der Waals surface area contributed by atoms with Crippen LogP contribution in [0.3, 0.4) is 0 Å². The third-order valence-corrected chi connectivity index (χ3v) is 4.23. The van der Waals surface area contributed by atoms with Crippen LogP contribution in [-0.4, -0.2) is 29.3 Å². The van der Waals surface area contributed by atoms with Gasteiger partial charge in [0.1, 0.15) is 18.2 Å². The number of carbonyl (C=O) groups excluding carboxylic acids is 1. The summed E-state index contributed by atoms with van der Waals surface area (Å²) in [7, 11) is 0. The van der Waals surface area contributed by atoms with E-state index in [1.165, 1.54) is 6.07 Å². The number of nitrogen functional groups attached to an aromatic ring is 1. The maximum Gasteiger partial charge on any atom is 0.277 e. The highest BCUT2D eigenvalue weighted by Gasteiger charge is 2.15. The zero-order valence-corrected chi connectivity index (χ0v) is 17.3. The molecular weight excluding hydrogens is 436 g/mol. The van der Waals surface area contributed by atoms with Gasteiger partial charge in [-0.15, -0.1) is 12.4 Å². The first kappa shape index (κ1) is 23.4. The van der Waals surface area contributed by atoms with Gasteiger partial charge < -0.3 is 21.1 Å². The Morgan fingerprint density at radius 1 is 1.17 bits per heavy atom. The first-order chi connectivity index (χ1) is 14.0. The van der Waals surface area contributed by atoms with Crippen LogP contribution in [0.1, 0.15) is 21.6 Å². The van der Waals surface area contributed by atoms with E-state index in [0.717, 1.165) is 5.56 Å². The monoisotopic (exact) mass is 455 g/mol. The second-order valence-corrected chi connectivity index (χ2v) is 6.50. The van der Waals surface area contributed by atoms with Crippen LogP contribution in [0.15, 0.2) is 47.1 Å². The highest BCUT2D eigenvalue weighted by molar-refractivity contribution is 6.30. The van der Waals surface area contributed by atoms with E-state index in [0.29, 0.717) is 36.0 Å². The van der Waals surface area contributed by atoms with Crippen molar-refractivity contribution in [1.29, 1.82) is 0 Å². The summed E-state index contributed by atoms with van der Waals surface area (Å²) in [6, 6.07) is 11.7. The molecule has 0 aliphatic rings. The van der Waals surface area contributed by atoms with Gasteiger partial charge in [0.2, 0.25) is 11.5 Å². The van der Waals surface area contributed by atoms with Gasteiger partial charge in [0, 0.05) is 35.8 Å². The fraction of sp³-hybridized carbons (Fsp3) is 0.211. The van der Waals surface area contributed by atoms with Crippen molar-refractivity contribution in [3.8, 4) is 5.75 Å². The Kier molecular flexibility index (Phi) is 8.85. The summed E-state index contributed by atoms with van der Waals surface area (Å²) in [6.45, 7) is 1.34. The standard InChI is InChI=1S/C19H19ClFN5O3.ClH/c20-14-5-6-16(28-11-12-3-1-2-4-15(12)21)13(9-14)10-23-7-8-24-19(27)17-18(22)26-29-25-17;/h1-6,9,23H,7-8,10-11H2,(H2,22,26)(H,24,27);1H. The van der Waals surface area contributed by atoms with Gasteiger partial charge in [-0.1, -0.05) is 29.8 Å². The molecule has 2 aromatic carbocycles. The van der Waals surface area contributed by atoms with Crippen molar-refractivity contribution in [2.24, 2.45) is 0 Å². The summed E-state index contributed by atoms with van der Waals surface area (Å²) < 4.78 is 23.9. The van der Waals surface area contributed by atoms with E-state index < -0.39 is 5.91 Å². The fourth-order valence-corrected chi connectivity index (χ4v) is 2.72. The van der Waals surface area contributed by atoms with Gasteiger partial charge in [0.15, 0.2) is 0 Å². The van der Waals surface area contributed by atoms with E-state index in [-0.39, 0.29) is 36.3 Å². The van der Waals surface area contributed by atoms with Crippen LogP contribution in [-0.2, 0) is 13.2 Å². The van der Waals surface area contributed by atoms with Crippen molar-refractivity contribution in [3.63, 3.8) is 0 Å². The molecule has 0 unspecified atom stereocenters. The Labute approximate surface area is 183 Å². The number of hydrogen-bond donors (Lipinski definition) is 3. The van der Waals surface area contributed by atoms with Gasteiger partial charge in [-0.3, -0.25) is 4.79 Å². The van der Waals surface area contributed by atoms with Crippen molar-refractivity contribution < 1.29 is 18.6 Å². The highest BCUT2D eigenvalue weighted by Crippen LogP contribution is 2.24. The first-order valence-electron chi connectivity index (χ1n) is 8.76. The number of nitrogens with two attached hydrogens (primary N) is 1. The molecule has 0 aliphatic carbocycles. The lowest BCUT2D eigenvalue weighted by molar-refractivity contribution is 0.0944. The van der Waals surface area contributed by atoms with Crippen LogP contribution in [0.2, 0.25) is 5.02 Å². The number of halogens is 3. The molecule has 3 rings (SSSR count). The first-order valence-corrected chi connectivity index (χ1v) is 9.14. The summed E-state index contributed by atoms with van der Waals surface area (Å²) >= 11 is 6.08. The smallest absolute Gasteiger partial charge is 0.277 e. The minimum Gasteiger partial charge on any atom is -0.488 e. The van der Waals surface area contributed by atoms with Crippen LogP contribution in [0.25, 0.3) is 0 Å². The number of rotatable bonds is 9. The second-order valence-electron chi connectivity index (χ2n) is 6.06. The average Bonchev–Trinajstić information content (AvgIpc) is 3.14. The molecule has 0 fully saturated rings. The number of amides is 1. The molecule has 0 saturated carbocycles. The molecule has 8 nitrogen and oxygen atoms in total. The van der Waals surface area contributed by atoms with Gasteiger partial charge in [0.05, 0.1) is 0 Å². The van der Waals surface area contributed by atoms with E-state index in [4.69, 9.17) is 22.1 Å². The van der Waals surface area contributed by atoms with E-state index >= 15 is 0 Å². The Hall–Kier alpha value is -2.88. The number of anilines is 1. The molecule has 30 heavy (non-hydrogen) atoms. The largest absolute Gasteiger partial charge is 0.488 e. The summed E-state index contributed by atoms with van der Waals surface area (Å²) in [4.78, 5) is 11.9. The van der Waals surface area contributed by atoms with Crippen LogP contribution >= 0.6 is 24.0 Å². The number of nitrogens with zero attached hydrogens (tertiary/aromatic N) is 2. The maximum absolute atomic E-state index is 13.8. The molecule has 3 aromatic rings. The van der Waals surface area contributed by atoms with Gasteiger partial charge in [0.25, 0.3) is 5.91 Å². The van der Waals surface area contributed by atoms with Gasteiger partial charge >= 0.3 is 0 Å². The number of aromatic nitrogens is 2. The van der Waals surface area contributed by atoms with Crippen molar-refractivity contribution in [1.82, 2.24) is 20.9 Å². The molecule has 4 N–H and O–H groups in total. The number of benzene rings is 2.